The summed E-state index contributed by atoms with van der Waals surface area (Å²) in [5, 5.41) is 11.3. The molecule has 0 bridgehead atoms. The van der Waals surface area contributed by atoms with Gasteiger partial charge in [0, 0.05) is 6.61 Å². The van der Waals surface area contributed by atoms with Gasteiger partial charge in [0.25, 0.3) is 0 Å². The molecule has 0 fully saturated rings. The van der Waals surface area contributed by atoms with E-state index in [0.717, 1.165) is 19.3 Å². The maximum atomic E-state index is 8.42. The number of hydrogen-bond donors (Lipinski definition) is 2. The maximum Gasteiger partial charge on any atom is 0.168 e. The summed E-state index contributed by atoms with van der Waals surface area (Å²) < 4.78 is 5.43. The third kappa shape index (κ3) is 5.47. The van der Waals surface area contributed by atoms with Crippen LogP contribution in [-0.4, -0.2) is 23.8 Å². The number of hydrogen-bond acceptors (Lipinski definition) is 3. The quantitative estimate of drug-likeness (QED) is 0.210. The molecule has 0 aromatic heterocycles. The van der Waals surface area contributed by atoms with Gasteiger partial charge >= 0.3 is 0 Å². The first-order valence-corrected chi connectivity index (χ1v) is 4.85. The van der Waals surface area contributed by atoms with Crippen LogP contribution >= 0.6 is 0 Å². The van der Waals surface area contributed by atoms with Crippen LogP contribution in [0.4, 0.5) is 0 Å². The monoisotopic (exact) mass is 188 g/mol. The van der Waals surface area contributed by atoms with Crippen molar-refractivity contribution in [3.63, 3.8) is 0 Å². The van der Waals surface area contributed by atoms with E-state index in [-0.39, 0.29) is 11.9 Å². The lowest BCUT2D eigenvalue weighted by molar-refractivity contribution is 0.0887. The number of ether oxygens (including phenoxy) is 1. The Bertz CT molecular complexity index is 149. The van der Waals surface area contributed by atoms with Gasteiger partial charge in [0.15, 0.2) is 5.84 Å². The minimum Gasteiger partial charge on any atom is -0.409 e. The Balaban J connectivity index is 3.60. The standard InChI is InChI=1S/C9H20N2O2/c1-3-5-6-7-13-8(4-2)9(10)11-12/h8,12H,3-7H2,1-2H3,(H2,10,11). The van der Waals surface area contributed by atoms with Crippen LogP contribution in [0, 0.1) is 0 Å². The lowest BCUT2D eigenvalue weighted by Crippen LogP contribution is -2.31. The summed E-state index contributed by atoms with van der Waals surface area (Å²) in [7, 11) is 0. The second kappa shape index (κ2) is 7.86. The fourth-order valence-corrected chi connectivity index (χ4v) is 1.05. The third-order valence-electron chi connectivity index (χ3n) is 1.88. The average molecular weight is 188 g/mol. The number of rotatable bonds is 7. The maximum absolute atomic E-state index is 8.42. The van der Waals surface area contributed by atoms with Crippen LogP contribution in [0.3, 0.4) is 0 Å². The average Bonchev–Trinajstić information content (AvgIpc) is 2.17. The molecule has 0 saturated carbocycles. The highest BCUT2D eigenvalue weighted by atomic mass is 16.5. The lowest BCUT2D eigenvalue weighted by Gasteiger charge is -2.13. The zero-order chi connectivity index (χ0) is 10.1. The zero-order valence-corrected chi connectivity index (χ0v) is 8.49. The van der Waals surface area contributed by atoms with Crippen molar-refractivity contribution in [3.05, 3.63) is 0 Å². The molecule has 0 spiro atoms. The van der Waals surface area contributed by atoms with Gasteiger partial charge < -0.3 is 15.7 Å². The molecule has 1 unspecified atom stereocenters. The van der Waals surface area contributed by atoms with Crippen molar-refractivity contribution in [1.82, 2.24) is 0 Å². The van der Waals surface area contributed by atoms with Crippen molar-refractivity contribution in [2.75, 3.05) is 6.61 Å². The van der Waals surface area contributed by atoms with Gasteiger partial charge in [-0.3, -0.25) is 0 Å². The summed E-state index contributed by atoms with van der Waals surface area (Å²) in [5.74, 6) is 0.166. The van der Waals surface area contributed by atoms with E-state index in [4.69, 9.17) is 15.7 Å². The lowest BCUT2D eigenvalue weighted by atomic mass is 10.2. The zero-order valence-electron chi connectivity index (χ0n) is 8.49. The Labute approximate surface area is 79.8 Å². The van der Waals surface area contributed by atoms with Crippen LogP contribution in [0.2, 0.25) is 0 Å². The summed E-state index contributed by atoms with van der Waals surface area (Å²) in [6.07, 6.45) is 3.87. The first-order valence-electron chi connectivity index (χ1n) is 4.85. The highest BCUT2D eigenvalue weighted by molar-refractivity contribution is 5.84. The van der Waals surface area contributed by atoms with Crippen molar-refractivity contribution in [3.8, 4) is 0 Å². The molecule has 0 heterocycles. The van der Waals surface area contributed by atoms with E-state index in [9.17, 15) is 0 Å². The van der Waals surface area contributed by atoms with Gasteiger partial charge in [-0.05, 0) is 12.8 Å². The van der Waals surface area contributed by atoms with E-state index in [1.54, 1.807) is 0 Å². The van der Waals surface area contributed by atoms with E-state index in [2.05, 4.69) is 12.1 Å². The minimum absolute atomic E-state index is 0.166. The Hall–Kier alpha value is -0.770. The van der Waals surface area contributed by atoms with E-state index in [1.807, 2.05) is 6.92 Å². The summed E-state index contributed by atoms with van der Waals surface area (Å²) in [5.41, 5.74) is 5.42. The van der Waals surface area contributed by atoms with E-state index < -0.39 is 0 Å². The van der Waals surface area contributed by atoms with Crippen molar-refractivity contribution in [2.45, 2.75) is 45.6 Å². The van der Waals surface area contributed by atoms with Crippen LogP contribution < -0.4 is 5.73 Å². The molecule has 0 aliphatic carbocycles. The fraction of sp³-hybridized carbons (Fsp3) is 0.889. The van der Waals surface area contributed by atoms with Gasteiger partial charge in [-0.2, -0.15) is 0 Å². The van der Waals surface area contributed by atoms with Gasteiger partial charge in [0.05, 0.1) is 0 Å². The highest BCUT2D eigenvalue weighted by Gasteiger charge is 2.10. The SMILES string of the molecule is CCCCCOC(CC)C(N)=NO. The van der Waals surface area contributed by atoms with E-state index in [0.29, 0.717) is 6.61 Å². The molecule has 0 saturated heterocycles. The number of nitrogens with two attached hydrogens (primary N) is 1. The third-order valence-corrected chi connectivity index (χ3v) is 1.88. The first kappa shape index (κ1) is 12.2. The number of nitrogens with zero attached hydrogens (tertiary/aromatic N) is 1. The Morgan fingerprint density at radius 3 is 2.62 bits per heavy atom. The Morgan fingerprint density at radius 2 is 2.15 bits per heavy atom. The van der Waals surface area contributed by atoms with Crippen molar-refractivity contribution < 1.29 is 9.94 Å². The normalized spacial score (nSPS) is 14.5. The number of amidine groups is 1. The van der Waals surface area contributed by atoms with Gasteiger partial charge in [0.1, 0.15) is 6.10 Å². The number of oxime groups is 1. The fourth-order valence-electron chi connectivity index (χ4n) is 1.05. The molecule has 0 amide bonds. The largest absolute Gasteiger partial charge is 0.409 e. The van der Waals surface area contributed by atoms with Crippen molar-refractivity contribution in [1.29, 1.82) is 0 Å². The van der Waals surface area contributed by atoms with Crippen LogP contribution in [0.1, 0.15) is 39.5 Å². The van der Waals surface area contributed by atoms with Crippen LogP contribution in [0.15, 0.2) is 5.16 Å². The van der Waals surface area contributed by atoms with Crippen LogP contribution in [-0.2, 0) is 4.74 Å². The van der Waals surface area contributed by atoms with Gasteiger partial charge in [-0.1, -0.05) is 31.8 Å². The Kier molecular flexibility index (Phi) is 7.39. The predicted octanol–water partition coefficient (Wildman–Crippen LogP) is 1.72. The van der Waals surface area contributed by atoms with E-state index in [1.165, 1.54) is 6.42 Å². The van der Waals surface area contributed by atoms with Crippen molar-refractivity contribution in [2.24, 2.45) is 10.9 Å². The van der Waals surface area contributed by atoms with Gasteiger partial charge in [-0.15, -0.1) is 0 Å². The molecular weight excluding hydrogens is 168 g/mol. The molecule has 4 heteroatoms. The molecular formula is C9H20N2O2. The predicted molar refractivity (Wildman–Crippen MR) is 53.0 cm³/mol. The van der Waals surface area contributed by atoms with E-state index >= 15 is 0 Å². The topological polar surface area (TPSA) is 67.8 Å². The molecule has 0 rings (SSSR count). The Morgan fingerprint density at radius 1 is 1.46 bits per heavy atom. The van der Waals surface area contributed by atoms with Gasteiger partial charge in [-0.25, -0.2) is 0 Å². The molecule has 0 aliphatic rings. The second-order valence-corrected chi connectivity index (χ2v) is 3.00. The van der Waals surface area contributed by atoms with Crippen molar-refractivity contribution >= 4 is 5.84 Å². The smallest absolute Gasteiger partial charge is 0.168 e. The molecule has 78 valence electrons. The van der Waals surface area contributed by atoms with Gasteiger partial charge in [0.2, 0.25) is 0 Å². The minimum atomic E-state index is -0.234. The molecule has 4 nitrogen and oxygen atoms in total. The van der Waals surface area contributed by atoms with Crippen LogP contribution in [0.25, 0.3) is 0 Å². The highest BCUT2D eigenvalue weighted by Crippen LogP contribution is 2.01. The summed E-state index contributed by atoms with van der Waals surface area (Å²) in [6, 6.07) is 0. The second-order valence-electron chi connectivity index (χ2n) is 3.00. The molecule has 1 atom stereocenters. The molecule has 0 radical (unpaired) electrons. The summed E-state index contributed by atoms with van der Waals surface area (Å²) in [4.78, 5) is 0. The molecule has 0 aromatic carbocycles. The summed E-state index contributed by atoms with van der Waals surface area (Å²) >= 11 is 0. The molecule has 0 aliphatic heterocycles. The molecule has 0 aromatic rings. The molecule has 13 heavy (non-hydrogen) atoms. The summed E-state index contributed by atoms with van der Waals surface area (Å²) in [6.45, 7) is 4.77. The van der Waals surface area contributed by atoms with Crippen LogP contribution in [0.5, 0.6) is 0 Å². The molecule has 3 N–H and O–H groups in total. The number of unbranched alkanes of at least 4 members (excludes halogenated alkanes) is 2. The first-order chi connectivity index (χ1) is 6.26.